The summed E-state index contributed by atoms with van der Waals surface area (Å²) in [6, 6.07) is 1.76. The Morgan fingerprint density at radius 1 is 1.65 bits per heavy atom. The molecular formula is C10H16N2O4S. The minimum Gasteiger partial charge on any atom is -0.481 e. The molecule has 0 radical (unpaired) electrons. The van der Waals surface area contributed by atoms with Crippen molar-refractivity contribution < 1.29 is 18.3 Å². The maximum atomic E-state index is 12.0. The Hall–Kier alpha value is -1.13. The Labute approximate surface area is 101 Å². The van der Waals surface area contributed by atoms with Crippen LogP contribution in [0.25, 0.3) is 0 Å². The highest BCUT2D eigenvalue weighted by Gasteiger charge is 2.36. The van der Waals surface area contributed by atoms with Crippen molar-refractivity contribution in [3.8, 4) is 6.07 Å². The number of sulfonamides is 1. The number of nitrogens with zero attached hydrogens (tertiary/aromatic N) is 2. The maximum Gasteiger partial charge on any atom is 0.307 e. The Kier molecular flexibility index (Phi) is 4.48. The summed E-state index contributed by atoms with van der Waals surface area (Å²) in [5.74, 6) is -1.63. The molecule has 0 spiro atoms. The van der Waals surface area contributed by atoms with Gasteiger partial charge >= 0.3 is 5.97 Å². The summed E-state index contributed by atoms with van der Waals surface area (Å²) < 4.78 is 25.2. The quantitative estimate of drug-likeness (QED) is 0.789. The molecule has 0 aromatic heterocycles. The number of nitriles is 1. The summed E-state index contributed by atoms with van der Waals surface area (Å²) in [7, 11) is -3.68. The lowest BCUT2D eigenvalue weighted by atomic mass is 10.0. The molecule has 1 saturated heterocycles. The van der Waals surface area contributed by atoms with Crippen LogP contribution in [0.15, 0.2) is 0 Å². The van der Waals surface area contributed by atoms with Crippen LogP contribution in [0.1, 0.15) is 26.2 Å². The van der Waals surface area contributed by atoms with E-state index in [4.69, 9.17) is 10.4 Å². The summed E-state index contributed by atoms with van der Waals surface area (Å²) >= 11 is 0. The van der Waals surface area contributed by atoms with Crippen LogP contribution in [0.5, 0.6) is 0 Å². The van der Waals surface area contributed by atoms with Gasteiger partial charge in [-0.15, -0.1) is 0 Å². The zero-order valence-electron chi connectivity index (χ0n) is 9.66. The predicted octanol–water partition coefficient (Wildman–Crippen LogP) is 0.415. The molecule has 1 heterocycles. The van der Waals surface area contributed by atoms with Gasteiger partial charge in [0.15, 0.2) is 5.25 Å². The molecule has 1 aliphatic heterocycles. The van der Waals surface area contributed by atoms with Gasteiger partial charge < -0.3 is 5.11 Å². The van der Waals surface area contributed by atoms with Crippen LogP contribution in [-0.2, 0) is 14.8 Å². The molecule has 0 bridgehead atoms. The van der Waals surface area contributed by atoms with Gasteiger partial charge in [-0.25, -0.2) is 8.42 Å². The SMILES string of the molecule is CCC(C#N)S(=O)(=O)N1CCCC(C(=O)O)C1. The van der Waals surface area contributed by atoms with Gasteiger partial charge in [0, 0.05) is 13.1 Å². The minimum atomic E-state index is -3.68. The summed E-state index contributed by atoms with van der Waals surface area (Å²) in [6.07, 6.45) is 1.23. The van der Waals surface area contributed by atoms with Crippen molar-refractivity contribution in [2.75, 3.05) is 13.1 Å². The monoisotopic (exact) mass is 260 g/mol. The number of carboxylic acid groups (broad SMARTS) is 1. The van der Waals surface area contributed by atoms with E-state index in [-0.39, 0.29) is 13.0 Å². The first-order chi connectivity index (χ1) is 7.93. The third-order valence-corrected chi connectivity index (χ3v) is 5.18. The molecule has 2 unspecified atom stereocenters. The fourth-order valence-electron chi connectivity index (χ4n) is 1.92. The molecule has 2 atom stereocenters. The molecule has 1 rings (SSSR count). The number of carbonyl (C=O) groups is 1. The molecule has 0 aliphatic carbocycles. The van der Waals surface area contributed by atoms with E-state index >= 15 is 0 Å². The topological polar surface area (TPSA) is 98.5 Å². The molecule has 0 aromatic rings. The van der Waals surface area contributed by atoms with Crippen molar-refractivity contribution in [2.24, 2.45) is 5.92 Å². The molecular weight excluding hydrogens is 244 g/mol. The molecule has 1 aliphatic rings. The average Bonchev–Trinajstić information content (AvgIpc) is 2.30. The number of hydrogen-bond acceptors (Lipinski definition) is 4. The van der Waals surface area contributed by atoms with Gasteiger partial charge in [-0.1, -0.05) is 6.92 Å². The minimum absolute atomic E-state index is 0.0180. The summed E-state index contributed by atoms with van der Waals surface area (Å²) in [6.45, 7) is 1.92. The van der Waals surface area contributed by atoms with Crippen LogP contribution in [0, 0.1) is 17.2 Å². The molecule has 1 N–H and O–H groups in total. The lowest BCUT2D eigenvalue weighted by Gasteiger charge is -2.30. The van der Waals surface area contributed by atoms with Crippen LogP contribution in [0.4, 0.5) is 0 Å². The molecule has 0 saturated carbocycles. The van der Waals surface area contributed by atoms with Gasteiger partial charge in [0.1, 0.15) is 0 Å². The number of carboxylic acids is 1. The highest BCUT2D eigenvalue weighted by molar-refractivity contribution is 7.90. The highest BCUT2D eigenvalue weighted by atomic mass is 32.2. The first-order valence-corrected chi connectivity index (χ1v) is 7.05. The van der Waals surface area contributed by atoms with Crippen LogP contribution in [0.2, 0.25) is 0 Å². The van der Waals surface area contributed by atoms with Crippen molar-refractivity contribution in [1.82, 2.24) is 4.31 Å². The number of piperidine rings is 1. The zero-order valence-corrected chi connectivity index (χ0v) is 10.5. The second-order valence-electron chi connectivity index (χ2n) is 4.11. The van der Waals surface area contributed by atoms with Crippen LogP contribution < -0.4 is 0 Å². The van der Waals surface area contributed by atoms with E-state index in [0.717, 1.165) is 4.31 Å². The highest BCUT2D eigenvalue weighted by Crippen LogP contribution is 2.22. The van der Waals surface area contributed by atoms with E-state index in [1.807, 2.05) is 0 Å². The Bertz CT molecular complexity index is 426. The van der Waals surface area contributed by atoms with Crippen LogP contribution in [-0.4, -0.2) is 42.1 Å². The molecule has 96 valence electrons. The van der Waals surface area contributed by atoms with Crippen molar-refractivity contribution in [3.05, 3.63) is 0 Å². The molecule has 0 amide bonds. The van der Waals surface area contributed by atoms with E-state index in [1.165, 1.54) is 0 Å². The zero-order chi connectivity index (χ0) is 13.1. The third kappa shape index (κ3) is 2.96. The van der Waals surface area contributed by atoms with E-state index in [9.17, 15) is 13.2 Å². The first-order valence-electron chi connectivity index (χ1n) is 5.54. The Morgan fingerprint density at radius 2 is 2.29 bits per heavy atom. The lowest BCUT2D eigenvalue weighted by molar-refractivity contribution is -0.142. The predicted molar refractivity (Wildman–Crippen MR) is 60.5 cm³/mol. The fourth-order valence-corrected chi connectivity index (χ4v) is 3.61. The average molecular weight is 260 g/mol. The Balaban J connectivity index is 2.86. The molecule has 0 aromatic carbocycles. The standard InChI is InChI=1S/C10H16N2O4S/c1-2-9(6-11)17(15,16)12-5-3-4-8(7-12)10(13)14/h8-9H,2-5,7H2,1H3,(H,13,14). The molecule has 7 heteroatoms. The second-order valence-corrected chi connectivity index (χ2v) is 6.22. The second kappa shape index (κ2) is 5.47. The van der Waals surface area contributed by atoms with Gasteiger partial charge in [0.05, 0.1) is 12.0 Å². The smallest absolute Gasteiger partial charge is 0.307 e. The molecule has 1 fully saturated rings. The maximum absolute atomic E-state index is 12.0. The van der Waals surface area contributed by atoms with E-state index in [2.05, 4.69) is 0 Å². The van der Waals surface area contributed by atoms with Crippen LogP contribution in [0.3, 0.4) is 0 Å². The lowest BCUT2D eigenvalue weighted by Crippen LogP contribution is -2.45. The number of hydrogen-bond donors (Lipinski definition) is 1. The number of rotatable bonds is 4. The van der Waals surface area contributed by atoms with Crippen LogP contribution >= 0.6 is 0 Å². The fraction of sp³-hybridized carbons (Fsp3) is 0.800. The van der Waals surface area contributed by atoms with Crippen molar-refractivity contribution >= 4 is 16.0 Å². The van der Waals surface area contributed by atoms with Gasteiger partial charge in [-0.3, -0.25) is 4.79 Å². The van der Waals surface area contributed by atoms with Crippen molar-refractivity contribution in [1.29, 1.82) is 5.26 Å². The third-order valence-electron chi connectivity index (χ3n) is 2.97. The normalized spacial score (nSPS) is 23.9. The first kappa shape index (κ1) is 13.9. The van der Waals surface area contributed by atoms with Crippen molar-refractivity contribution in [3.63, 3.8) is 0 Å². The Morgan fingerprint density at radius 3 is 2.76 bits per heavy atom. The van der Waals surface area contributed by atoms with Crippen molar-refractivity contribution in [2.45, 2.75) is 31.4 Å². The summed E-state index contributed by atoms with van der Waals surface area (Å²) in [4.78, 5) is 10.8. The molecule has 6 nitrogen and oxygen atoms in total. The van der Waals surface area contributed by atoms with E-state index in [1.54, 1.807) is 13.0 Å². The van der Waals surface area contributed by atoms with Gasteiger partial charge in [0.2, 0.25) is 10.0 Å². The van der Waals surface area contributed by atoms with Gasteiger partial charge in [0.25, 0.3) is 0 Å². The number of aliphatic carboxylic acids is 1. The van der Waals surface area contributed by atoms with Gasteiger partial charge in [-0.2, -0.15) is 9.57 Å². The van der Waals surface area contributed by atoms with E-state index in [0.29, 0.717) is 19.4 Å². The molecule has 17 heavy (non-hydrogen) atoms. The van der Waals surface area contributed by atoms with Gasteiger partial charge in [-0.05, 0) is 19.3 Å². The summed E-state index contributed by atoms with van der Waals surface area (Å²) in [5.41, 5.74) is 0. The summed E-state index contributed by atoms with van der Waals surface area (Å²) in [5, 5.41) is 16.6. The largest absolute Gasteiger partial charge is 0.481 e. The van der Waals surface area contributed by atoms with E-state index < -0.39 is 27.2 Å².